The smallest absolute Gasteiger partial charge is 0.339 e. The van der Waals surface area contributed by atoms with Crippen molar-refractivity contribution in [3.05, 3.63) is 53.0 Å². The Bertz CT molecular complexity index is 621. The first-order chi connectivity index (χ1) is 8.95. The minimum absolute atomic E-state index is 0.124. The van der Waals surface area contributed by atoms with Crippen LogP contribution < -0.4 is 5.32 Å². The van der Waals surface area contributed by atoms with Gasteiger partial charge in [-0.15, -0.1) is 0 Å². The number of benzene rings is 1. The molecule has 0 bridgehead atoms. The van der Waals surface area contributed by atoms with E-state index in [-0.39, 0.29) is 11.4 Å². The highest BCUT2D eigenvalue weighted by molar-refractivity contribution is 5.93. The number of nitrogens with one attached hydrogen (secondary N) is 1. The van der Waals surface area contributed by atoms with Crippen LogP contribution in [0.25, 0.3) is 0 Å². The predicted octanol–water partition coefficient (Wildman–Crippen LogP) is 3.28. The molecule has 2 N–H and O–H groups in total. The molecular formula is C14H13FN2O2. The summed E-state index contributed by atoms with van der Waals surface area (Å²) in [5.74, 6) is -1.78. The Morgan fingerprint density at radius 3 is 2.42 bits per heavy atom. The van der Waals surface area contributed by atoms with E-state index < -0.39 is 11.8 Å². The van der Waals surface area contributed by atoms with E-state index in [1.807, 2.05) is 32.0 Å². The van der Waals surface area contributed by atoms with Crippen LogP contribution in [0.2, 0.25) is 0 Å². The number of aromatic carboxylic acids is 1. The van der Waals surface area contributed by atoms with Crippen molar-refractivity contribution in [2.45, 2.75) is 13.8 Å². The van der Waals surface area contributed by atoms with E-state index >= 15 is 0 Å². The van der Waals surface area contributed by atoms with E-state index in [2.05, 4.69) is 10.3 Å². The monoisotopic (exact) mass is 260 g/mol. The number of hydrogen-bond acceptors (Lipinski definition) is 3. The van der Waals surface area contributed by atoms with Crippen LogP contribution in [0, 0.1) is 19.7 Å². The summed E-state index contributed by atoms with van der Waals surface area (Å²) < 4.78 is 13.0. The second-order valence-electron chi connectivity index (χ2n) is 4.36. The molecule has 98 valence electrons. The lowest BCUT2D eigenvalue weighted by Crippen LogP contribution is -2.05. The number of nitrogens with zero attached hydrogens (tertiary/aromatic N) is 1. The fraction of sp³-hybridized carbons (Fsp3) is 0.143. The number of pyridine rings is 1. The summed E-state index contributed by atoms with van der Waals surface area (Å²) in [6.45, 7) is 3.88. The Morgan fingerprint density at radius 2 is 1.84 bits per heavy atom. The lowest BCUT2D eigenvalue weighted by molar-refractivity contribution is 0.0697. The van der Waals surface area contributed by atoms with Crippen molar-refractivity contribution in [3.63, 3.8) is 0 Å². The molecule has 1 aromatic carbocycles. The van der Waals surface area contributed by atoms with Crippen LogP contribution >= 0.6 is 0 Å². The Hall–Kier alpha value is -2.43. The standard InChI is InChI=1S/C14H13FN2O2/c1-8-3-9(2)5-11(4-8)17-13-12(14(18)19)6-10(15)7-16-13/h3-7H,1-2H3,(H,16,17)(H,18,19). The molecule has 2 aromatic rings. The first kappa shape index (κ1) is 13.0. The molecule has 0 radical (unpaired) electrons. The molecule has 2 rings (SSSR count). The maximum absolute atomic E-state index is 13.0. The number of aryl methyl sites for hydroxylation is 2. The Labute approximate surface area is 109 Å². The average molecular weight is 260 g/mol. The number of carboxylic acid groups (broad SMARTS) is 1. The molecule has 0 aliphatic heterocycles. The van der Waals surface area contributed by atoms with E-state index in [0.29, 0.717) is 0 Å². The normalized spacial score (nSPS) is 10.3. The van der Waals surface area contributed by atoms with Gasteiger partial charge >= 0.3 is 5.97 Å². The summed E-state index contributed by atoms with van der Waals surface area (Å²) in [7, 11) is 0. The number of anilines is 2. The summed E-state index contributed by atoms with van der Waals surface area (Å²) in [6.07, 6.45) is 0.984. The zero-order chi connectivity index (χ0) is 14.0. The maximum atomic E-state index is 13.0. The second kappa shape index (κ2) is 5.06. The van der Waals surface area contributed by atoms with Crippen molar-refractivity contribution in [2.24, 2.45) is 0 Å². The summed E-state index contributed by atoms with van der Waals surface area (Å²) in [6, 6.07) is 6.68. The van der Waals surface area contributed by atoms with Gasteiger partial charge in [0.25, 0.3) is 0 Å². The lowest BCUT2D eigenvalue weighted by Gasteiger charge is -2.10. The van der Waals surface area contributed by atoms with Crippen molar-refractivity contribution in [1.29, 1.82) is 0 Å². The number of aromatic nitrogens is 1. The molecule has 19 heavy (non-hydrogen) atoms. The van der Waals surface area contributed by atoms with Gasteiger partial charge in [-0.1, -0.05) is 6.07 Å². The zero-order valence-corrected chi connectivity index (χ0v) is 10.6. The largest absolute Gasteiger partial charge is 0.478 e. The second-order valence-corrected chi connectivity index (χ2v) is 4.36. The molecule has 0 atom stereocenters. The number of halogens is 1. The van der Waals surface area contributed by atoms with Gasteiger partial charge in [-0.2, -0.15) is 0 Å². The summed E-state index contributed by atoms with van der Waals surface area (Å²) >= 11 is 0. The first-order valence-corrected chi connectivity index (χ1v) is 5.70. The van der Waals surface area contributed by atoms with Crippen molar-refractivity contribution in [1.82, 2.24) is 4.98 Å². The summed E-state index contributed by atoms with van der Waals surface area (Å²) in [4.78, 5) is 14.8. The summed E-state index contributed by atoms with van der Waals surface area (Å²) in [5, 5.41) is 11.9. The fourth-order valence-corrected chi connectivity index (χ4v) is 1.89. The van der Waals surface area contributed by atoms with E-state index in [4.69, 9.17) is 5.11 Å². The fourth-order valence-electron chi connectivity index (χ4n) is 1.89. The van der Waals surface area contributed by atoms with E-state index in [1.165, 1.54) is 0 Å². The Kier molecular flexibility index (Phi) is 3.46. The number of carboxylic acids is 1. The van der Waals surface area contributed by atoms with Crippen LogP contribution in [0.4, 0.5) is 15.9 Å². The van der Waals surface area contributed by atoms with Crippen LogP contribution in [0.1, 0.15) is 21.5 Å². The number of hydrogen-bond donors (Lipinski definition) is 2. The molecule has 4 nitrogen and oxygen atoms in total. The van der Waals surface area contributed by atoms with Gasteiger partial charge in [0.05, 0.1) is 6.20 Å². The van der Waals surface area contributed by atoms with E-state index in [9.17, 15) is 9.18 Å². The van der Waals surface area contributed by atoms with Gasteiger partial charge in [-0.05, 0) is 43.2 Å². The van der Waals surface area contributed by atoms with Gasteiger partial charge in [-0.25, -0.2) is 14.2 Å². The SMILES string of the molecule is Cc1cc(C)cc(Nc2ncc(F)cc2C(=O)O)c1. The van der Waals surface area contributed by atoms with Crippen LogP contribution in [0.5, 0.6) is 0 Å². The van der Waals surface area contributed by atoms with E-state index in [1.54, 1.807) is 0 Å². The van der Waals surface area contributed by atoms with E-state index in [0.717, 1.165) is 29.1 Å². The number of rotatable bonds is 3. The van der Waals surface area contributed by atoms with Crippen molar-refractivity contribution < 1.29 is 14.3 Å². The zero-order valence-electron chi connectivity index (χ0n) is 10.6. The average Bonchev–Trinajstić information content (AvgIpc) is 2.30. The predicted molar refractivity (Wildman–Crippen MR) is 70.4 cm³/mol. The molecular weight excluding hydrogens is 247 g/mol. The topological polar surface area (TPSA) is 62.2 Å². The van der Waals surface area contributed by atoms with Crippen LogP contribution in [-0.2, 0) is 0 Å². The maximum Gasteiger partial charge on any atom is 0.339 e. The highest BCUT2D eigenvalue weighted by atomic mass is 19.1. The quantitative estimate of drug-likeness (QED) is 0.889. The van der Waals surface area contributed by atoms with Gasteiger partial charge in [0.1, 0.15) is 17.2 Å². The van der Waals surface area contributed by atoms with Gasteiger partial charge in [0.15, 0.2) is 0 Å². The third-order valence-corrected chi connectivity index (χ3v) is 2.57. The number of carbonyl (C=O) groups is 1. The molecule has 0 saturated carbocycles. The minimum Gasteiger partial charge on any atom is -0.478 e. The lowest BCUT2D eigenvalue weighted by atomic mass is 10.1. The molecule has 1 heterocycles. The minimum atomic E-state index is -1.22. The first-order valence-electron chi connectivity index (χ1n) is 5.70. The van der Waals surface area contributed by atoms with Crippen molar-refractivity contribution in [2.75, 3.05) is 5.32 Å². The van der Waals surface area contributed by atoms with Gasteiger partial charge in [-0.3, -0.25) is 0 Å². The molecule has 0 amide bonds. The van der Waals surface area contributed by atoms with Crippen LogP contribution in [0.15, 0.2) is 30.5 Å². The molecule has 1 aromatic heterocycles. The Balaban J connectivity index is 2.40. The molecule has 0 aliphatic rings. The molecule has 0 aliphatic carbocycles. The van der Waals surface area contributed by atoms with Crippen molar-refractivity contribution in [3.8, 4) is 0 Å². The third-order valence-electron chi connectivity index (χ3n) is 2.57. The summed E-state index contributed by atoms with van der Waals surface area (Å²) in [5.41, 5.74) is 2.61. The molecule has 0 spiro atoms. The Morgan fingerprint density at radius 1 is 1.21 bits per heavy atom. The van der Waals surface area contributed by atoms with Crippen molar-refractivity contribution >= 4 is 17.5 Å². The highest BCUT2D eigenvalue weighted by Crippen LogP contribution is 2.21. The molecule has 0 unspecified atom stereocenters. The highest BCUT2D eigenvalue weighted by Gasteiger charge is 2.13. The van der Waals surface area contributed by atoms with Crippen LogP contribution in [0.3, 0.4) is 0 Å². The van der Waals surface area contributed by atoms with Gasteiger partial charge in [0, 0.05) is 5.69 Å². The van der Waals surface area contributed by atoms with Gasteiger partial charge < -0.3 is 10.4 Å². The van der Waals surface area contributed by atoms with Crippen LogP contribution in [-0.4, -0.2) is 16.1 Å². The third kappa shape index (κ3) is 3.07. The molecule has 0 fully saturated rings. The molecule has 0 saturated heterocycles. The molecule has 5 heteroatoms. The van der Waals surface area contributed by atoms with Gasteiger partial charge in [0.2, 0.25) is 0 Å².